The quantitative estimate of drug-likeness (QED) is 0.580. The summed E-state index contributed by atoms with van der Waals surface area (Å²) in [6.07, 6.45) is 2.09. The molecular formula is C20H20O5. The Bertz CT molecular complexity index is 863. The average Bonchev–Trinajstić information content (AvgIpc) is 3.00. The summed E-state index contributed by atoms with van der Waals surface area (Å²) in [4.78, 5) is 37.9. The molecule has 0 fully saturated rings. The number of carbonyl (C=O) groups excluding carboxylic acids is 3. The molecule has 4 rings (SSSR count). The van der Waals surface area contributed by atoms with Gasteiger partial charge in [0.25, 0.3) is 0 Å². The maximum Gasteiger partial charge on any atom is 0.316 e. The Kier molecular flexibility index (Phi) is 3.39. The van der Waals surface area contributed by atoms with Crippen molar-refractivity contribution in [1.82, 2.24) is 0 Å². The summed E-state index contributed by atoms with van der Waals surface area (Å²) in [6.45, 7) is 4.16. The summed E-state index contributed by atoms with van der Waals surface area (Å²) in [5, 5.41) is 0. The Balaban J connectivity index is 1.98. The summed E-state index contributed by atoms with van der Waals surface area (Å²) in [5.74, 6) is -0.784. The molecule has 1 aromatic rings. The Morgan fingerprint density at radius 2 is 2.04 bits per heavy atom. The molecule has 0 N–H and O–H groups in total. The van der Waals surface area contributed by atoms with Crippen molar-refractivity contribution in [2.75, 3.05) is 13.7 Å². The number of carbonyl (C=O) groups is 3. The van der Waals surface area contributed by atoms with Gasteiger partial charge >= 0.3 is 5.97 Å². The van der Waals surface area contributed by atoms with Gasteiger partial charge in [-0.25, -0.2) is 0 Å². The van der Waals surface area contributed by atoms with E-state index < -0.39 is 17.0 Å². The van der Waals surface area contributed by atoms with Gasteiger partial charge in [-0.3, -0.25) is 14.4 Å². The van der Waals surface area contributed by atoms with Crippen LogP contribution >= 0.6 is 0 Å². The molecule has 1 heterocycles. The van der Waals surface area contributed by atoms with Gasteiger partial charge in [-0.15, -0.1) is 0 Å². The van der Waals surface area contributed by atoms with Gasteiger partial charge in [0.05, 0.1) is 24.7 Å². The van der Waals surface area contributed by atoms with Gasteiger partial charge in [0.1, 0.15) is 5.76 Å². The lowest BCUT2D eigenvalue weighted by atomic mass is 9.68. The van der Waals surface area contributed by atoms with E-state index in [2.05, 4.69) is 0 Å². The molecule has 0 amide bonds. The summed E-state index contributed by atoms with van der Waals surface area (Å²) < 4.78 is 10.7. The van der Waals surface area contributed by atoms with Crippen molar-refractivity contribution in [3.05, 3.63) is 40.0 Å². The van der Waals surface area contributed by atoms with E-state index >= 15 is 0 Å². The van der Waals surface area contributed by atoms with Crippen molar-refractivity contribution in [3.63, 3.8) is 0 Å². The smallest absolute Gasteiger partial charge is 0.316 e. The van der Waals surface area contributed by atoms with E-state index in [1.54, 1.807) is 0 Å². The number of hydrogen-bond acceptors (Lipinski definition) is 5. The van der Waals surface area contributed by atoms with Crippen molar-refractivity contribution in [2.45, 2.75) is 38.5 Å². The zero-order valence-electron chi connectivity index (χ0n) is 14.6. The largest absolute Gasteiger partial charge is 0.492 e. The predicted molar refractivity (Wildman–Crippen MR) is 90.1 cm³/mol. The summed E-state index contributed by atoms with van der Waals surface area (Å²) in [5.41, 5.74) is 2.40. The molecule has 0 saturated heterocycles. The van der Waals surface area contributed by atoms with E-state index in [4.69, 9.17) is 9.47 Å². The molecular weight excluding hydrogens is 320 g/mol. The fourth-order valence-electron chi connectivity index (χ4n) is 4.44. The molecule has 2 aliphatic carbocycles. The molecule has 1 unspecified atom stereocenters. The van der Waals surface area contributed by atoms with Gasteiger partial charge < -0.3 is 9.47 Å². The van der Waals surface area contributed by atoms with E-state index in [1.165, 1.54) is 7.11 Å². The van der Waals surface area contributed by atoms with E-state index in [1.807, 2.05) is 26.0 Å². The Morgan fingerprint density at radius 1 is 1.28 bits per heavy atom. The second kappa shape index (κ2) is 5.28. The van der Waals surface area contributed by atoms with Gasteiger partial charge in [0, 0.05) is 17.0 Å². The number of benzene rings is 1. The molecule has 5 nitrogen and oxygen atoms in total. The maximum absolute atomic E-state index is 12.9. The highest BCUT2D eigenvalue weighted by Crippen LogP contribution is 2.45. The van der Waals surface area contributed by atoms with Crippen LogP contribution in [-0.4, -0.2) is 31.3 Å². The van der Waals surface area contributed by atoms with Crippen LogP contribution in [-0.2, 0) is 30.9 Å². The van der Waals surface area contributed by atoms with Crippen molar-refractivity contribution in [1.29, 1.82) is 0 Å². The number of fused-ring (bicyclic) bond motifs is 4. The highest BCUT2D eigenvalue weighted by molar-refractivity contribution is 6.52. The minimum absolute atomic E-state index is 0.0732. The van der Waals surface area contributed by atoms with Gasteiger partial charge in [-0.1, -0.05) is 19.1 Å². The Hall–Kier alpha value is -2.43. The third-order valence-electron chi connectivity index (χ3n) is 5.78. The number of rotatable bonds is 1. The van der Waals surface area contributed by atoms with E-state index in [-0.39, 0.29) is 11.9 Å². The van der Waals surface area contributed by atoms with Crippen LogP contribution in [0, 0.1) is 5.92 Å². The summed E-state index contributed by atoms with van der Waals surface area (Å²) in [7, 11) is 1.37. The topological polar surface area (TPSA) is 69.7 Å². The van der Waals surface area contributed by atoms with Crippen molar-refractivity contribution >= 4 is 23.3 Å². The van der Waals surface area contributed by atoms with Crippen LogP contribution in [0.5, 0.6) is 0 Å². The zero-order valence-corrected chi connectivity index (χ0v) is 14.6. The highest BCUT2D eigenvalue weighted by Gasteiger charge is 2.46. The number of hydrogen-bond donors (Lipinski definition) is 0. The van der Waals surface area contributed by atoms with Crippen LogP contribution in [0.4, 0.5) is 0 Å². The van der Waals surface area contributed by atoms with E-state index in [9.17, 15) is 14.4 Å². The molecule has 1 aromatic carbocycles. The van der Waals surface area contributed by atoms with E-state index in [0.717, 1.165) is 17.5 Å². The lowest BCUT2D eigenvalue weighted by Crippen LogP contribution is -2.39. The van der Waals surface area contributed by atoms with Crippen molar-refractivity contribution in [3.8, 4) is 0 Å². The molecule has 5 heteroatoms. The fraction of sp³-hybridized carbons (Fsp3) is 0.450. The first kappa shape index (κ1) is 16.1. The molecule has 0 saturated carbocycles. The fourth-order valence-corrected chi connectivity index (χ4v) is 4.44. The first-order valence-electron chi connectivity index (χ1n) is 8.61. The summed E-state index contributed by atoms with van der Waals surface area (Å²) >= 11 is 0. The highest BCUT2D eigenvalue weighted by atomic mass is 16.5. The minimum atomic E-state index is -0.792. The Morgan fingerprint density at radius 3 is 2.76 bits per heavy atom. The lowest BCUT2D eigenvalue weighted by molar-refractivity contribution is -0.147. The van der Waals surface area contributed by atoms with Crippen LogP contribution in [0.3, 0.4) is 0 Å². The Labute approximate surface area is 146 Å². The van der Waals surface area contributed by atoms with E-state index in [0.29, 0.717) is 41.9 Å². The van der Waals surface area contributed by atoms with Crippen LogP contribution < -0.4 is 0 Å². The van der Waals surface area contributed by atoms with Crippen LogP contribution in [0.25, 0.3) is 5.76 Å². The minimum Gasteiger partial charge on any atom is -0.492 e. The SMILES string of the molecule is COC(=O)C1(C)CCCc2c1ccc1c2C(=O)C(=O)C2=C1OC[C@@H]2C. The molecule has 1 aliphatic heterocycles. The van der Waals surface area contributed by atoms with Crippen LogP contribution in [0.2, 0.25) is 0 Å². The normalized spacial score (nSPS) is 27.4. The number of ether oxygens (including phenoxy) is 2. The predicted octanol–water partition coefficient (Wildman–Crippen LogP) is 2.60. The third-order valence-corrected chi connectivity index (χ3v) is 5.78. The monoisotopic (exact) mass is 340 g/mol. The maximum atomic E-state index is 12.9. The standard InChI is InChI=1S/C20H20O5/c1-10-9-25-18-12-6-7-13-11(15(12)17(22)16(21)14(10)18)5-4-8-20(13,2)19(23)24-3/h6-7,10H,4-5,8-9H2,1-3H3/t10-,20?/m0/s1. The number of ketones is 2. The second-order valence-corrected chi connectivity index (χ2v) is 7.30. The molecule has 0 bridgehead atoms. The first-order valence-corrected chi connectivity index (χ1v) is 8.61. The number of Topliss-reactive ketones (excluding diaryl/α,β-unsaturated/α-hetero) is 2. The molecule has 0 radical (unpaired) electrons. The summed E-state index contributed by atoms with van der Waals surface area (Å²) in [6, 6.07) is 3.71. The second-order valence-electron chi connectivity index (χ2n) is 7.30. The third kappa shape index (κ3) is 1.98. The van der Waals surface area contributed by atoms with Crippen molar-refractivity contribution < 1.29 is 23.9 Å². The number of methoxy groups -OCH3 is 1. The molecule has 0 aromatic heterocycles. The van der Waals surface area contributed by atoms with Gasteiger partial charge in [-0.05, 0) is 37.3 Å². The van der Waals surface area contributed by atoms with Gasteiger partial charge in [0.15, 0.2) is 0 Å². The van der Waals surface area contributed by atoms with Gasteiger partial charge in [-0.2, -0.15) is 0 Å². The van der Waals surface area contributed by atoms with Gasteiger partial charge in [0.2, 0.25) is 11.6 Å². The zero-order chi connectivity index (χ0) is 17.9. The average molecular weight is 340 g/mol. The molecule has 3 aliphatic rings. The molecule has 0 spiro atoms. The van der Waals surface area contributed by atoms with Crippen LogP contribution in [0.1, 0.15) is 53.7 Å². The molecule has 2 atom stereocenters. The van der Waals surface area contributed by atoms with Crippen LogP contribution in [0.15, 0.2) is 17.7 Å². The number of esters is 1. The molecule has 130 valence electrons. The lowest BCUT2D eigenvalue weighted by Gasteiger charge is -2.35. The first-order chi connectivity index (χ1) is 11.9. The van der Waals surface area contributed by atoms with Crippen molar-refractivity contribution in [2.24, 2.45) is 5.92 Å². The molecule has 25 heavy (non-hydrogen) atoms.